The number of fused-ring (bicyclic) bond motifs is 3. The second-order valence-corrected chi connectivity index (χ2v) is 9.55. The van der Waals surface area contributed by atoms with Crippen molar-refractivity contribution in [2.75, 3.05) is 11.9 Å². The van der Waals surface area contributed by atoms with Crippen LogP contribution in [-0.4, -0.2) is 6.54 Å². The second kappa shape index (κ2) is 12.1. The van der Waals surface area contributed by atoms with Gasteiger partial charge in [-0.25, -0.2) is 0 Å². The molecule has 0 aliphatic heterocycles. The van der Waals surface area contributed by atoms with Crippen molar-refractivity contribution in [2.24, 2.45) is 0 Å². The Bertz CT molecular complexity index is 1120. The van der Waals surface area contributed by atoms with Gasteiger partial charge in [-0.05, 0) is 74.4 Å². The maximum absolute atomic E-state index is 3.94. The van der Waals surface area contributed by atoms with Crippen LogP contribution < -0.4 is 5.32 Å². The van der Waals surface area contributed by atoms with E-state index in [1.54, 1.807) is 0 Å². The van der Waals surface area contributed by atoms with Gasteiger partial charge >= 0.3 is 0 Å². The Balaban J connectivity index is 1.17. The molecule has 0 saturated heterocycles. The molecule has 0 unspecified atom stereocenters. The lowest BCUT2D eigenvalue weighted by molar-refractivity contribution is 0.572. The number of rotatable bonds is 12. The fraction of sp³-hybridized carbons (Fsp3) is 0.333. The number of hydrogen-bond donors (Lipinski definition) is 1. The molecule has 0 aliphatic carbocycles. The highest BCUT2D eigenvalue weighted by molar-refractivity contribution is 9.10. The number of unbranched alkanes of at least 4 members (excludes halogenated alkanes) is 7. The number of anilines is 1. The molecule has 4 rings (SSSR count). The molecule has 0 aliphatic rings. The normalized spacial score (nSPS) is 11.3. The van der Waals surface area contributed by atoms with Crippen molar-refractivity contribution in [3.05, 3.63) is 88.9 Å². The minimum Gasteiger partial charge on any atom is -0.385 e. The van der Waals surface area contributed by atoms with E-state index in [0.717, 1.165) is 13.0 Å². The summed E-state index contributed by atoms with van der Waals surface area (Å²) in [5, 5.41) is 8.97. The number of nitrogens with one attached hydrogen (secondary N) is 1. The van der Waals surface area contributed by atoms with Crippen LogP contribution in [0.4, 0.5) is 5.69 Å². The third-order valence-electron chi connectivity index (χ3n) is 6.43. The van der Waals surface area contributed by atoms with Crippen molar-refractivity contribution < 1.29 is 0 Å². The molecule has 4 aromatic carbocycles. The van der Waals surface area contributed by atoms with Crippen molar-refractivity contribution in [3.8, 4) is 0 Å². The Kier molecular flexibility index (Phi) is 8.62. The Labute approximate surface area is 201 Å². The van der Waals surface area contributed by atoms with Crippen LogP contribution in [0.5, 0.6) is 0 Å². The van der Waals surface area contributed by atoms with E-state index in [2.05, 4.69) is 100 Å². The molecule has 1 N–H and O–H groups in total. The minimum atomic E-state index is 1.08. The summed E-state index contributed by atoms with van der Waals surface area (Å²) in [5.74, 6) is 0. The van der Waals surface area contributed by atoms with Crippen LogP contribution in [0.1, 0.15) is 56.9 Å². The molecule has 2 heteroatoms. The van der Waals surface area contributed by atoms with Gasteiger partial charge in [-0.15, -0.1) is 0 Å². The number of benzene rings is 4. The summed E-state index contributed by atoms with van der Waals surface area (Å²) >= 11 is 3.94. The molecule has 166 valence electrons. The SMILES string of the molecule is Brc1c(CCCCCCCCCCNc2ccccc2)c2ccccc2c2ccccc12. The van der Waals surface area contributed by atoms with Gasteiger partial charge < -0.3 is 5.32 Å². The Morgan fingerprint density at radius 2 is 1.00 bits per heavy atom. The Morgan fingerprint density at radius 3 is 1.69 bits per heavy atom. The smallest absolute Gasteiger partial charge is 0.0340 e. The van der Waals surface area contributed by atoms with E-state index in [0.29, 0.717) is 0 Å². The summed E-state index contributed by atoms with van der Waals surface area (Å²) in [6.45, 7) is 1.08. The van der Waals surface area contributed by atoms with Crippen molar-refractivity contribution in [1.29, 1.82) is 0 Å². The molecule has 0 atom stereocenters. The van der Waals surface area contributed by atoms with Gasteiger partial charge in [-0.3, -0.25) is 0 Å². The lowest BCUT2D eigenvalue weighted by atomic mass is 9.94. The molecule has 0 radical (unpaired) electrons. The molecule has 0 heterocycles. The summed E-state index contributed by atoms with van der Waals surface area (Å²) in [4.78, 5) is 0. The molecular weight excluding hydrogens is 454 g/mol. The Hall–Kier alpha value is -2.32. The first-order chi connectivity index (χ1) is 15.8. The lowest BCUT2D eigenvalue weighted by Crippen LogP contribution is -2.00. The standard InChI is InChI=1S/C30H34BrN/c31-30-28(26-19-12-11-18-25(26)27-20-13-14-22-29(27)30)21-10-5-3-1-2-4-6-15-23-32-24-16-8-7-9-17-24/h7-9,11-14,16-20,22,32H,1-6,10,15,21,23H2. The minimum absolute atomic E-state index is 1.08. The van der Waals surface area contributed by atoms with E-state index < -0.39 is 0 Å². The predicted octanol–water partition coefficient (Wildman–Crippen LogP) is 9.53. The van der Waals surface area contributed by atoms with Crippen LogP contribution in [0.25, 0.3) is 21.5 Å². The third kappa shape index (κ3) is 5.92. The molecule has 4 aromatic rings. The molecule has 0 spiro atoms. The first-order valence-corrected chi connectivity index (χ1v) is 13.0. The van der Waals surface area contributed by atoms with Gasteiger partial charge in [-0.2, -0.15) is 0 Å². The average molecular weight is 489 g/mol. The van der Waals surface area contributed by atoms with E-state index in [4.69, 9.17) is 0 Å². The van der Waals surface area contributed by atoms with Crippen LogP contribution in [0, 0.1) is 0 Å². The Morgan fingerprint density at radius 1 is 0.500 bits per heavy atom. The summed E-state index contributed by atoms with van der Waals surface area (Å²) in [6, 6.07) is 28.2. The highest BCUT2D eigenvalue weighted by atomic mass is 79.9. The largest absolute Gasteiger partial charge is 0.385 e. The van der Waals surface area contributed by atoms with Crippen LogP contribution in [-0.2, 0) is 6.42 Å². The zero-order valence-electron chi connectivity index (χ0n) is 19.0. The summed E-state index contributed by atoms with van der Waals surface area (Å²) in [7, 11) is 0. The predicted molar refractivity (Wildman–Crippen MR) is 145 cm³/mol. The number of aryl methyl sites for hydroxylation is 1. The maximum Gasteiger partial charge on any atom is 0.0340 e. The molecule has 0 aromatic heterocycles. The van der Waals surface area contributed by atoms with Crippen molar-refractivity contribution >= 4 is 43.2 Å². The van der Waals surface area contributed by atoms with Crippen molar-refractivity contribution in [2.45, 2.75) is 57.8 Å². The monoisotopic (exact) mass is 487 g/mol. The molecular formula is C30H34BrN. The molecule has 1 nitrogen and oxygen atoms in total. The molecule has 32 heavy (non-hydrogen) atoms. The highest BCUT2D eigenvalue weighted by Crippen LogP contribution is 2.37. The zero-order chi connectivity index (χ0) is 22.0. The van der Waals surface area contributed by atoms with E-state index >= 15 is 0 Å². The van der Waals surface area contributed by atoms with Gasteiger partial charge in [0.05, 0.1) is 0 Å². The maximum atomic E-state index is 3.94. The van der Waals surface area contributed by atoms with Gasteiger partial charge in [0, 0.05) is 16.7 Å². The highest BCUT2D eigenvalue weighted by Gasteiger charge is 2.11. The van der Waals surface area contributed by atoms with E-state index in [-0.39, 0.29) is 0 Å². The van der Waals surface area contributed by atoms with Crippen molar-refractivity contribution in [3.63, 3.8) is 0 Å². The van der Waals surface area contributed by atoms with Crippen LogP contribution in [0.15, 0.2) is 83.3 Å². The fourth-order valence-corrected chi connectivity index (χ4v) is 5.45. The second-order valence-electron chi connectivity index (χ2n) is 8.75. The summed E-state index contributed by atoms with van der Waals surface area (Å²) in [6.07, 6.45) is 11.8. The fourth-order valence-electron chi connectivity index (χ4n) is 4.69. The van der Waals surface area contributed by atoms with Crippen LogP contribution in [0.2, 0.25) is 0 Å². The van der Waals surface area contributed by atoms with Gasteiger partial charge in [0.2, 0.25) is 0 Å². The first-order valence-electron chi connectivity index (χ1n) is 12.2. The lowest BCUT2D eigenvalue weighted by Gasteiger charge is -2.14. The van der Waals surface area contributed by atoms with Gasteiger partial charge in [0.25, 0.3) is 0 Å². The van der Waals surface area contributed by atoms with Crippen LogP contribution >= 0.6 is 15.9 Å². The van der Waals surface area contributed by atoms with Gasteiger partial charge in [0.1, 0.15) is 0 Å². The molecule has 0 fully saturated rings. The van der Waals surface area contributed by atoms with Crippen molar-refractivity contribution in [1.82, 2.24) is 0 Å². The van der Waals surface area contributed by atoms with E-state index in [1.807, 2.05) is 0 Å². The van der Waals surface area contributed by atoms with Gasteiger partial charge in [-0.1, -0.05) is 105 Å². The zero-order valence-corrected chi connectivity index (χ0v) is 20.5. The summed E-state index contributed by atoms with van der Waals surface area (Å²) in [5.41, 5.74) is 2.71. The number of hydrogen-bond acceptors (Lipinski definition) is 1. The number of halogens is 1. The average Bonchev–Trinajstić information content (AvgIpc) is 2.85. The summed E-state index contributed by atoms with van der Waals surface area (Å²) < 4.78 is 1.29. The van der Waals surface area contributed by atoms with E-state index in [9.17, 15) is 0 Å². The molecule has 0 bridgehead atoms. The van der Waals surface area contributed by atoms with E-state index in [1.165, 1.54) is 88.6 Å². The quantitative estimate of drug-likeness (QED) is 0.155. The molecule has 0 saturated carbocycles. The van der Waals surface area contributed by atoms with Crippen LogP contribution in [0.3, 0.4) is 0 Å². The molecule has 0 amide bonds. The third-order valence-corrected chi connectivity index (χ3v) is 7.33. The number of para-hydroxylation sites is 1. The van der Waals surface area contributed by atoms with Gasteiger partial charge in [0.15, 0.2) is 0 Å². The first kappa shape index (κ1) is 22.9. The topological polar surface area (TPSA) is 12.0 Å².